The number of nitrogens with zero attached hydrogens (tertiary/aromatic N) is 4. The van der Waals surface area contributed by atoms with Crippen LogP contribution in [0.5, 0.6) is 0 Å². The van der Waals surface area contributed by atoms with Crippen molar-refractivity contribution in [1.82, 2.24) is 20.1 Å². The van der Waals surface area contributed by atoms with Crippen LogP contribution >= 0.6 is 11.8 Å². The summed E-state index contributed by atoms with van der Waals surface area (Å²) >= 11 is 1.36. The molecule has 2 aromatic heterocycles. The number of carbonyl (C=O) groups excluding carboxylic acids is 2. The average Bonchev–Trinajstić information content (AvgIpc) is 3.26. The van der Waals surface area contributed by atoms with Crippen LogP contribution in [0.4, 0.5) is 10.2 Å². The maximum absolute atomic E-state index is 15.3. The van der Waals surface area contributed by atoms with Crippen molar-refractivity contribution in [1.29, 1.82) is 0 Å². The van der Waals surface area contributed by atoms with E-state index >= 15 is 4.39 Å². The first-order valence-electron chi connectivity index (χ1n) is 13.6. The molecule has 41 heavy (non-hydrogen) atoms. The number of hydrogen-bond acceptors (Lipinski definition) is 5. The average molecular weight is 572 g/mol. The first-order valence-corrected chi connectivity index (χ1v) is 14.6. The van der Waals surface area contributed by atoms with Crippen molar-refractivity contribution in [3.63, 3.8) is 0 Å². The van der Waals surface area contributed by atoms with Gasteiger partial charge in [0.25, 0.3) is 0 Å². The van der Waals surface area contributed by atoms with Gasteiger partial charge < -0.3 is 5.32 Å². The maximum Gasteiger partial charge on any atom is 0.240 e. The Morgan fingerprint density at radius 2 is 1.85 bits per heavy atom. The summed E-state index contributed by atoms with van der Waals surface area (Å²) in [7, 11) is 0. The van der Waals surface area contributed by atoms with Gasteiger partial charge in [-0.2, -0.15) is 5.10 Å². The smallest absolute Gasteiger partial charge is 0.240 e. The number of benzene rings is 2. The van der Waals surface area contributed by atoms with E-state index in [0.29, 0.717) is 17.1 Å². The van der Waals surface area contributed by atoms with Crippen molar-refractivity contribution in [2.45, 2.75) is 51.8 Å². The van der Waals surface area contributed by atoms with Crippen LogP contribution in [-0.4, -0.2) is 38.9 Å². The van der Waals surface area contributed by atoms with Crippen molar-refractivity contribution in [2.75, 3.05) is 17.2 Å². The molecule has 9 heteroatoms. The van der Waals surface area contributed by atoms with Crippen molar-refractivity contribution >= 4 is 29.4 Å². The summed E-state index contributed by atoms with van der Waals surface area (Å²) in [5, 5.41) is 7.50. The van der Waals surface area contributed by atoms with Crippen LogP contribution in [0.15, 0.2) is 66.9 Å². The fraction of sp³-hybridized carbons (Fsp3) is 0.312. The number of rotatable bonds is 6. The Balaban J connectivity index is 1.69. The van der Waals surface area contributed by atoms with Crippen molar-refractivity contribution in [3.8, 4) is 5.69 Å². The highest BCUT2D eigenvalue weighted by atomic mass is 32.2. The minimum atomic E-state index is -0.495. The maximum atomic E-state index is 15.3. The number of aromatic nitrogens is 3. The van der Waals surface area contributed by atoms with E-state index in [1.165, 1.54) is 22.7 Å². The number of fused-ring (bicyclic) bond motifs is 1. The van der Waals surface area contributed by atoms with Gasteiger partial charge in [0, 0.05) is 22.7 Å². The fourth-order valence-electron chi connectivity index (χ4n) is 5.11. The number of aryl methyl sites for hydroxylation is 2. The molecule has 5 rings (SSSR count). The second-order valence-electron chi connectivity index (χ2n) is 11.3. The van der Waals surface area contributed by atoms with Crippen LogP contribution < -0.4 is 10.2 Å². The minimum absolute atomic E-state index is 0.0810. The molecule has 2 aromatic carbocycles. The predicted octanol–water partition coefficient (Wildman–Crippen LogP) is 5.81. The van der Waals surface area contributed by atoms with Gasteiger partial charge >= 0.3 is 0 Å². The number of hydrogen-bond donors (Lipinski definition) is 1. The van der Waals surface area contributed by atoms with E-state index in [2.05, 4.69) is 37.1 Å². The zero-order valence-electron chi connectivity index (χ0n) is 23.9. The third-order valence-corrected chi connectivity index (χ3v) is 8.30. The summed E-state index contributed by atoms with van der Waals surface area (Å²) in [4.78, 5) is 32.9. The molecule has 0 aliphatic carbocycles. The summed E-state index contributed by atoms with van der Waals surface area (Å²) in [5.74, 6) is -0.330. The molecule has 0 bridgehead atoms. The van der Waals surface area contributed by atoms with Crippen LogP contribution in [0.25, 0.3) is 5.69 Å². The van der Waals surface area contributed by atoms with Crippen LogP contribution in [-0.2, 0) is 21.5 Å². The number of carbonyl (C=O) groups is 2. The van der Waals surface area contributed by atoms with Gasteiger partial charge in [0.05, 0.1) is 34.6 Å². The Labute approximate surface area is 244 Å². The highest BCUT2D eigenvalue weighted by Crippen LogP contribution is 2.49. The molecule has 4 aromatic rings. The molecule has 0 unspecified atom stereocenters. The Kier molecular flexibility index (Phi) is 8.00. The van der Waals surface area contributed by atoms with Gasteiger partial charge in [-0.3, -0.25) is 19.5 Å². The standard InChI is InChI=1S/C32H34FN5O2S/c1-20-13-14-25(21(2)16-20)38-31-28(30(36-38)32(3,4)5)29(23-11-6-7-12-24(23)33)41-19-27(40)37(31)18-26(39)35-17-22-10-8-9-15-34-22/h6-16,29H,17-19H2,1-5H3,(H,35,39)/t29-/m0/s1. The number of halogens is 1. The van der Waals surface area contributed by atoms with Crippen molar-refractivity contribution < 1.29 is 14.0 Å². The quantitative estimate of drug-likeness (QED) is 0.316. The molecule has 7 nitrogen and oxygen atoms in total. The topological polar surface area (TPSA) is 80.1 Å². The summed E-state index contributed by atoms with van der Waals surface area (Å²) < 4.78 is 17.1. The lowest BCUT2D eigenvalue weighted by Gasteiger charge is -2.25. The molecule has 0 spiro atoms. The fourth-order valence-corrected chi connectivity index (χ4v) is 6.33. The number of pyridine rings is 1. The monoisotopic (exact) mass is 571 g/mol. The lowest BCUT2D eigenvalue weighted by molar-refractivity contribution is -0.123. The van der Waals surface area contributed by atoms with Gasteiger partial charge in [0.1, 0.15) is 18.2 Å². The Bertz CT molecular complexity index is 1600. The molecule has 0 radical (unpaired) electrons. The molecule has 3 heterocycles. The second kappa shape index (κ2) is 11.5. The van der Waals surface area contributed by atoms with E-state index in [1.807, 2.05) is 44.2 Å². The molecule has 1 aliphatic rings. The van der Waals surface area contributed by atoms with E-state index in [-0.39, 0.29) is 36.5 Å². The number of anilines is 1. The zero-order chi connectivity index (χ0) is 29.3. The van der Waals surface area contributed by atoms with Crippen LogP contribution in [0, 0.1) is 19.7 Å². The normalized spacial score (nSPS) is 15.4. The molecule has 0 fully saturated rings. The molecule has 2 amide bonds. The van der Waals surface area contributed by atoms with Gasteiger partial charge in [-0.1, -0.05) is 62.7 Å². The van der Waals surface area contributed by atoms with E-state index in [4.69, 9.17) is 5.10 Å². The zero-order valence-corrected chi connectivity index (χ0v) is 24.8. The SMILES string of the molecule is Cc1ccc(-n2nc(C(C)(C)C)c3c2N(CC(=O)NCc2ccccn2)C(=O)CS[C@H]3c2ccccc2F)c(C)c1. The van der Waals surface area contributed by atoms with Crippen LogP contribution in [0.3, 0.4) is 0 Å². The van der Waals surface area contributed by atoms with Crippen molar-refractivity contribution in [3.05, 3.63) is 106 Å². The predicted molar refractivity (Wildman–Crippen MR) is 161 cm³/mol. The number of thioether (sulfide) groups is 1. The second-order valence-corrected chi connectivity index (χ2v) is 12.4. The third kappa shape index (κ3) is 5.91. The Morgan fingerprint density at radius 1 is 1.10 bits per heavy atom. The van der Waals surface area contributed by atoms with E-state index < -0.39 is 10.7 Å². The summed E-state index contributed by atoms with van der Waals surface area (Å²) in [6, 6.07) is 18.2. The molecular weight excluding hydrogens is 537 g/mol. The van der Waals surface area contributed by atoms with Crippen LogP contribution in [0.1, 0.15) is 59.7 Å². The molecular formula is C32H34FN5O2S. The number of amides is 2. The lowest BCUT2D eigenvalue weighted by Crippen LogP contribution is -2.42. The summed E-state index contributed by atoms with van der Waals surface area (Å²) in [6.07, 6.45) is 1.67. The number of nitrogens with one attached hydrogen (secondary N) is 1. The molecule has 1 N–H and O–H groups in total. The van der Waals surface area contributed by atoms with E-state index in [0.717, 1.165) is 28.1 Å². The third-order valence-electron chi connectivity index (χ3n) is 7.06. The van der Waals surface area contributed by atoms with Gasteiger partial charge in [0.15, 0.2) is 0 Å². The van der Waals surface area contributed by atoms with Crippen LogP contribution in [0.2, 0.25) is 0 Å². The van der Waals surface area contributed by atoms with E-state index in [1.54, 1.807) is 29.1 Å². The van der Waals surface area contributed by atoms with Gasteiger partial charge in [-0.05, 0) is 43.7 Å². The molecule has 1 aliphatic heterocycles. The lowest BCUT2D eigenvalue weighted by atomic mass is 9.87. The largest absolute Gasteiger partial charge is 0.349 e. The van der Waals surface area contributed by atoms with Crippen molar-refractivity contribution in [2.24, 2.45) is 0 Å². The Hall–Kier alpha value is -3.98. The highest BCUT2D eigenvalue weighted by Gasteiger charge is 2.40. The summed E-state index contributed by atoms with van der Waals surface area (Å²) in [5.41, 5.74) is 5.14. The van der Waals surface area contributed by atoms with Gasteiger partial charge in [0.2, 0.25) is 11.8 Å². The molecule has 0 saturated heterocycles. The van der Waals surface area contributed by atoms with Gasteiger partial charge in [-0.25, -0.2) is 9.07 Å². The Morgan fingerprint density at radius 3 is 2.54 bits per heavy atom. The molecule has 0 saturated carbocycles. The summed E-state index contributed by atoms with van der Waals surface area (Å²) in [6.45, 7) is 10.2. The highest BCUT2D eigenvalue weighted by molar-refractivity contribution is 8.00. The minimum Gasteiger partial charge on any atom is -0.349 e. The first kappa shape index (κ1) is 28.5. The molecule has 1 atom stereocenters. The van der Waals surface area contributed by atoms with Gasteiger partial charge in [-0.15, -0.1) is 11.8 Å². The molecule has 212 valence electrons. The first-order chi connectivity index (χ1) is 19.5. The van der Waals surface area contributed by atoms with E-state index in [9.17, 15) is 9.59 Å².